The zero-order chi connectivity index (χ0) is 15.8. The molecular formula is C13H15FN2O5. The molecule has 0 aromatic heterocycles. The third-order valence-electron chi connectivity index (χ3n) is 2.38. The lowest BCUT2D eigenvalue weighted by Crippen LogP contribution is -2.31. The maximum Gasteiger partial charge on any atom is 0.337 e. The number of esters is 1. The largest absolute Gasteiger partial charge is 0.478 e. The number of urea groups is 1. The topological polar surface area (TPSA) is 105 Å². The van der Waals surface area contributed by atoms with Gasteiger partial charge in [-0.05, 0) is 25.1 Å². The summed E-state index contributed by atoms with van der Waals surface area (Å²) < 4.78 is 17.6. The molecule has 0 saturated heterocycles. The SMILES string of the molecule is CCOC(=O)CCNC(=O)Nc1ccc(F)cc1C(=O)O. The number of anilines is 1. The van der Waals surface area contributed by atoms with Gasteiger partial charge >= 0.3 is 18.0 Å². The zero-order valence-corrected chi connectivity index (χ0v) is 11.3. The average Bonchev–Trinajstić information content (AvgIpc) is 2.41. The van der Waals surface area contributed by atoms with Gasteiger partial charge in [-0.15, -0.1) is 0 Å². The smallest absolute Gasteiger partial charge is 0.337 e. The fourth-order valence-electron chi connectivity index (χ4n) is 1.48. The monoisotopic (exact) mass is 298 g/mol. The summed E-state index contributed by atoms with van der Waals surface area (Å²) in [6.45, 7) is 1.96. The number of hydrogen-bond donors (Lipinski definition) is 3. The first kappa shape index (κ1) is 16.4. The molecule has 0 aliphatic heterocycles. The summed E-state index contributed by atoms with van der Waals surface area (Å²) in [5.41, 5.74) is -0.409. The van der Waals surface area contributed by atoms with Crippen LogP contribution in [0.2, 0.25) is 0 Å². The van der Waals surface area contributed by atoms with E-state index in [-0.39, 0.29) is 30.8 Å². The second-order valence-corrected chi connectivity index (χ2v) is 3.93. The van der Waals surface area contributed by atoms with Crippen LogP contribution in [-0.4, -0.2) is 36.2 Å². The van der Waals surface area contributed by atoms with Gasteiger partial charge in [0.05, 0.1) is 24.3 Å². The molecule has 0 aliphatic carbocycles. The van der Waals surface area contributed by atoms with Crippen molar-refractivity contribution in [1.82, 2.24) is 5.32 Å². The van der Waals surface area contributed by atoms with E-state index < -0.39 is 23.8 Å². The summed E-state index contributed by atoms with van der Waals surface area (Å²) in [5.74, 6) is -2.54. The molecule has 21 heavy (non-hydrogen) atoms. The number of carboxylic acid groups (broad SMARTS) is 1. The Morgan fingerprint density at radius 2 is 2.05 bits per heavy atom. The number of nitrogens with one attached hydrogen (secondary N) is 2. The van der Waals surface area contributed by atoms with Gasteiger partial charge in [-0.2, -0.15) is 0 Å². The molecule has 1 aromatic carbocycles. The van der Waals surface area contributed by atoms with Gasteiger partial charge in [0.2, 0.25) is 0 Å². The normalized spacial score (nSPS) is 9.81. The van der Waals surface area contributed by atoms with E-state index in [1.165, 1.54) is 0 Å². The van der Waals surface area contributed by atoms with Gasteiger partial charge in [0, 0.05) is 6.54 Å². The minimum atomic E-state index is -1.36. The Morgan fingerprint density at radius 1 is 1.33 bits per heavy atom. The van der Waals surface area contributed by atoms with Crippen molar-refractivity contribution in [2.75, 3.05) is 18.5 Å². The Hall–Kier alpha value is -2.64. The highest BCUT2D eigenvalue weighted by atomic mass is 19.1. The highest BCUT2D eigenvalue weighted by Crippen LogP contribution is 2.16. The van der Waals surface area contributed by atoms with E-state index >= 15 is 0 Å². The first-order valence-corrected chi connectivity index (χ1v) is 6.17. The minimum absolute atomic E-state index is 0.00351. The number of benzene rings is 1. The number of aromatic carboxylic acids is 1. The second-order valence-electron chi connectivity index (χ2n) is 3.93. The summed E-state index contributed by atoms with van der Waals surface area (Å²) in [7, 11) is 0. The van der Waals surface area contributed by atoms with Crippen LogP contribution in [-0.2, 0) is 9.53 Å². The van der Waals surface area contributed by atoms with Crippen LogP contribution in [0.1, 0.15) is 23.7 Å². The standard InChI is InChI=1S/C13H15FN2O5/c1-2-21-11(17)5-6-15-13(20)16-10-4-3-8(14)7-9(10)12(18)19/h3-4,7H,2,5-6H2,1H3,(H,18,19)(H2,15,16,20). The molecule has 0 unspecified atom stereocenters. The van der Waals surface area contributed by atoms with Gasteiger partial charge < -0.3 is 20.5 Å². The molecule has 1 aromatic rings. The number of amides is 2. The number of ether oxygens (including phenoxy) is 1. The first-order chi connectivity index (χ1) is 9.93. The summed E-state index contributed by atoms with van der Waals surface area (Å²) in [4.78, 5) is 33.5. The van der Waals surface area contributed by atoms with Crippen LogP contribution in [0.4, 0.5) is 14.9 Å². The van der Waals surface area contributed by atoms with Gasteiger partial charge in [-0.25, -0.2) is 14.0 Å². The van der Waals surface area contributed by atoms with E-state index in [4.69, 9.17) is 5.11 Å². The van der Waals surface area contributed by atoms with Gasteiger partial charge in [0.25, 0.3) is 0 Å². The molecule has 0 heterocycles. The highest BCUT2D eigenvalue weighted by Gasteiger charge is 2.13. The lowest BCUT2D eigenvalue weighted by molar-refractivity contribution is -0.142. The lowest BCUT2D eigenvalue weighted by Gasteiger charge is -2.09. The van der Waals surface area contributed by atoms with Crippen LogP contribution in [0.25, 0.3) is 0 Å². The average molecular weight is 298 g/mol. The van der Waals surface area contributed by atoms with Crippen molar-refractivity contribution in [3.05, 3.63) is 29.6 Å². The molecule has 0 aliphatic rings. The molecule has 114 valence electrons. The number of carbonyl (C=O) groups excluding carboxylic acids is 2. The first-order valence-electron chi connectivity index (χ1n) is 6.17. The molecule has 0 radical (unpaired) electrons. The summed E-state index contributed by atoms with van der Waals surface area (Å²) in [6.07, 6.45) is -0.00351. The van der Waals surface area contributed by atoms with E-state index in [0.29, 0.717) is 0 Å². The molecule has 2 amide bonds. The molecule has 3 N–H and O–H groups in total. The Kier molecular flexibility index (Phi) is 6.12. The van der Waals surface area contributed by atoms with Crippen molar-refractivity contribution < 1.29 is 28.6 Å². The van der Waals surface area contributed by atoms with E-state index in [9.17, 15) is 18.8 Å². The molecule has 7 nitrogen and oxygen atoms in total. The lowest BCUT2D eigenvalue weighted by atomic mass is 10.2. The fraction of sp³-hybridized carbons (Fsp3) is 0.308. The van der Waals surface area contributed by atoms with E-state index in [2.05, 4.69) is 15.4 Å². The van der Waals surface area contributed by atoms with Crippen molar-refractivity contribution in [1.29, 1.82) is 0 Å². The Morgan fingerprint density at radius 3 is 2.67 bits per heavy atom. The van der Waals surface area contributed by atoms with Crippen molar-refractivity contribution in [3.8, 4) is 0 Å². The quantitative estimate of drug-likeness (QED) is 0.692. The Bertz CT molecular complexity index is 547. The second kappa shape index (κ2) is 7.83. The van der Waals surface area contributed by atoms with Gasteiger partial charge in [-0.1, -0.05) is 0 Å². The number of rotatable bonds is 6. The van der Waals surface area contributed by atoms with Crippen LogP contribution in [0.3, 0.4) is 0 Å². The van der Waals surface area contributed by atoms with Crippen LogP contribution in [0, 0.1) is 5.82 Å². The van der Waals surface area contributed by atoms with Crippen LogP contribution < -0.4 is 10.6 Å². The minimum Gasteiger partial charge on any atom is -0.478 e. The molecule has 0 spiro atoms. The molecule has 0 saturated carbocycles. The molecule has 1 rings (SSSR count). The number of carbonyl (C=O) groups is 3. The fourth-order valence-corrected chi connectivity index (χ4v) is 1.48. The van der Waals surface area contributed by atoms with Crippen molar-refractivity contribution in [3.63, 3.8) is 0 Å². The predicted octanol–water partition coefficient (Wildman–Crippen LogP) is 1.60. The molecular weight excluding hydrogens is 283 g/mol. The van der Waals surface area contributed by atoms with Crippen LogP contribution in [0.15, 0.2) is 18.2 Å². The Labute approximate surface area is 120 Å². The molecule has 0 atom stereocenters. The zero-order valence-electron chi connectivity index (χ0n) is 11.3. The number of halogens is 1. The van der Waals surface area contributed by atoms with Gasteiger partial charge in [-0.3, -0.25) is 4.79 Å². The van der Waals surface area contributed by atoms with E-state index in [0.717, 1.165) is 18.2 Å². The summed E-state index contributed by atoms with van der Waals surface area (Å²) >= 11 is 0. The van der Waals surface area contributed by atoms with E-state index in [1.54, 1.807) is 6.92 Å². The summed E-state index contributed by atoms with van der Waals surface area (Å²) in [6, 6.07) is 2.27. The molecule has 0 fully saturated rings. The van der Waals surface area contributed by atoms with E-state index in [1.807, 2.05) is 0 Å². The van der Waals surface area contributed by atoms with Crippen molar-refractivity contribution >= 4 is 23.7 Å². The predicted molar refractivity (Wildman–Crippen MR) is 71.6 cm³/mol. The van der Waals surface area contributed by atoms with Crippen molar-refractivity contribution in [2.45, 2.75) is 13.3 Å². The summed E-state index contributed by atoms with van der Waals surface area (Å²) in [5, 5.41) is 13.6. The Balaban J connectivity index is 2.55. The maximum absolute atomic E-state index is 13.0. The molecule has 8 heteroatoms. The third kappa shape index (κ3) is 5.47. The van der Waals surface area contributed by atoms with Crippen LogP contribution >= 0.6 is 0 Å². The molecule has 0 bridgehead atoms. The van der Waals surface area contributed by atoms with Gasteiger partial charge in [0.15, 0.2) is 0 Å². The third-order valence-corrected chi connectivity index (χ3v) is 2.38. The number of carboxylic acids is 1. The number of hydrogen-bond acceptors (Lipinski definition) is 4. The highest BCUT2D eigenvalue weighted by molar-refractivity contribution is 6.00. The maximum atomic E-state index is 13.0. The van der Waals surface area contributed by atoms with Crippen LogP contribution in [0.5, 0.6) is 0 Å². The van der Waals surface area contributed by atoms with Gasteiger partial charge in [0.1, 0.15) is 5.82 Å². The van der Waals surface area contributed by atoms with Crippen molar-refractivity contribution in [2.24, 2.45) is 0 Å².